The van der Waals surface area contributed by atoms with Gasteiger partial charge in [0.05, 0.1) is 11.1 Å². The van der Waals surface area contributed by atoms with Crippen molar-refractivity contribution in [1.29, 1.82) is 0 Å². The molecule has 1 atom stereocenters. The molecular weight excluding hydrogens is 241 g/mol. The number of thioether (sulfide) groups is 1. The Kier molecular flexibility index (Phi) is 5.06. The van der Waals surface area contributed by atoms with Crippen LogP contribution >= 0.6 is 35.0 Å². The molecule has 0 amide bonds. The first-order valence-electron chi connectivity index (χ1n) is 4.09. The van der Waals surface area contributed by atoms with Gasteiger partial charge in [-0.15, -0.1) is 11.8 Å². The number of halogens is 2. The molecule has 1 unspecified atom stereocenters. The van der Waals surface area contributed by atoms with Gasteiger partial charge in [0, 0.05) is 22.2 Å². The summed E-state index contributed by atoms with van der Waals surface area (Å²) in [6.07, 6.45) is -0.505. The maximum atomic E-state index is 9.26. The highest BCUT2D eigenvalue weighted by Gasteiger charge is 2.05. The molecule has 0 fully saturated rings. The minimum atomic E-state index is -0.505. The highest BCUT2D eigenvalue weighted by atomic mass is 35.5. The summed E-state index contributed by atoms with van der Waals surface area (Å²) in [7, 11) is 0. The van der Waals surface area contributed by atoms with Crippen molar-refractivity contribution in [2.45, 2.75) is 11.0 Å². The van der Waals surface area contributed by atoms with E-state index in [-0.39, 0.29) is 6.54 Å². The second-order valence-electron chi connectivity index (χ2n) is 2.78. The molecule has 2 nitrogen and oxygen atoms in total. The number of aliphatic hydroxyl groups is 1. The number of nitrogens with two attached hydrogens (primary N) is 1. The molecule has 0 aliphatic heterocycles. The molecule has 0 heterocycles. The van der Waals surface area contributed by atoms with E-state index in [0.29, 0.717) is 15.8 Å². The van der Waals surface area contributed by atoms with Crippen molar-refractivity contribution in [2.24, 2.45) is 5.73 Å². The molecule has 14 heavy (non-hydrogen) atoms. The quantitative estimate of drug-likeness (QED) is 0.809. The highest BCUT2D eigenvalue weighted by Crippen LogP contribution is 2.29. The van der Waals surface area contributed by atoms with Crippen LogP contribution in [0.5, 0.6) is 0 Å². The van der Waals surface area contributed by atoms with Gasteiger partial charge in [-0.05, 0) is 18.2 Å². The van der Waals surface area contributed by atoms with Crippen LogP contribution in [0.3, 0.4) is 0 Å². The topological polar surface area (TPSA) is 46.2 Å². The number of hydrogen-bond acceptors (Lipinski definition) is 3. The lowest BCUT2D eigenvalue weighted by atomic mass is 10.4. The summed E-state index contributed by atoms with van der Waals surface area (Å²) in [6.45, 7) is 0.255. The molecule has 0 saturated carbocycles. The van der Waals surface area contributed by atoms with Gasteiger partial charge in [0.2, 0.25) is 0 Å². The Morgan fingerprint density at radius 1 is 1.43 bits per heavy atom. The second-order valence-corrected chi connectivity index (χ2v) is 4.68. The molecule has 0 saturated heterocycles. The first-order valence-corrected chi connectivity index (χ1v) is 5.83. The molecule has 0 spiro atoms. The van der Waals surface area contributed by atoms with Gasteiger partial charge in [-0.3, -0.25) is 0 Å². The molecule has 3 N–H and O–H groups in total. The van der Waals surface area contributed by atoms with Crippen LogP contribution < -0.4 is 5.73 Å². The Morgan fingerprint density at radius 3 is 2.79 bits per heavy atom. The van der Waals surface area contributed by atoms with Crippen molar-refractivity contribution in [3.05, 3.63) is 28.2 Å². The predicted molar refractivity (Wildman–Crippen MR) is 62.2 cm³/mol. The van der Waals surface area contributed by atoms with Crippen LogP contribution in [0.25, 0.3) is 0 Å². The third-order valence-corrected chi connectivity index (χ3v) is 3.47. The minimum Gasteiger partial charge on any atom is -0.391 e. The van der Waals surface area contributed by atoms with Crippen LogP contribution in [0.15, 0.2) is 23.1 Å². The highest BCUT2D eigenvalue weighted by molar-refractivity contribution is 7.99. The summed E-state index contributed by atoms with van der Waals surface area (Å²) in [5, 5.41) is 10.5. The Hall–Kier alpha value is 0.0700. The molecule has 0 bridgehead atoms. The fraction of sp³-hybridized carbons (Fsp3) is 0.333. The molecule has 0 aliphatic rings. The van der Waals surface area contributed by atoms with E-state index >= 15 is 0 Å². The first-order chi connectivity index (χ1) is 6.63. The molecule has 78 valence electrons. The van der Waals surface area contributed by atoms with E-state index < -0.39 is 6.10 Å². The normalized spacial score (nSPS) is 12.9. The maximum Gasteiger partial charge on any atom is 0.0756 e. The van der Waals surface area contributed by atoms with Crippen molar-refractivity contribution < 1.29 is 5.11 Å². The molecule has 1 aromatic carbocycles. The maximum absolute atomic E-state index is 9.26. The standard InChI is InChI=1S/C9H11Cl2NOS/c10-6-1-2-8(11)9(3-6)14-5-7(13)4-12/h1-3,7,13H,4-5,12H2. The van der Waals surface area contributed by atoms with E-state index in [1.807, 2.05) is 0 Å². The molecule has 0 aliphatic carbocycles. The monoisotopic (exact) mass is 251 g/mol. The Bertz CT molecular complexity index is 309. The predicted octanol–water partition coefficient (Wildman–Crippen LogP) is 2.41. The van der Waals surface area contributed by atoms with Gasteiger partial charge in [0.25, 0.3) is 0 Å². The second kappa shape index (κ2) is 5.83. The molecular formula is C9H11Cl2NOS. The lowest BCUT2D eigenvalue weighted by Gasteiger charge is -2.08. The lowest BCUT2D eigenvalue weighted by Crippen LogP contribution is -2.21. The van der Waals surface area contributed by atoms with Crippen LogP contribution in [-0.4, -0.2) is 23.5 Å². The smallest absolute Gasteiger partial charge is 0.0756 e. The van der Waals surface area contributed by atoms with Crippen LogP contribution in [0.1, 0.15) is 0 Å². The number of aliphatic hydroxyl groups excluding tert-OH is 1. The summed E-state index contributed by atoms with van der Waals surface area (Å²) in [6, 6.07) is 5.24. The first kappa shape index (κ1) is 12.1. The zero-order valence-corrected chi connectivity index (χ0v) is 9.74. The van der Waals surface area contributed by atoms with E-state index in [1.54, 1.807) is 18.2 Å². The van der Waals surface area contributed by atoms with Gasteiger partial charge < -0.3 is 10.8 Å². The number of rotatable bonds is 4. The fourth-order valence-corrected chi connectivity index (χ4v) is 2.28. The van der Waals surface area contributed by atoms with Gasteiger partial charge in [-0.2, -0.15) is 0 Å². The molecule has 1 aromatic rings. The van der Waals surface area contributed by atoms with E-state index in [0.717, 1.165) is 4.90 Å². The van der Waals surface area contributed by atoms with Crippen molar-refractivity contribution in [3.8, 4) is 0 Å². The Labute approximate surface area is 97.4 Å². The van der Waals surface area contributed by atoms with E-state index in [1.165, 1.54) is 11.8 Å². The zero-order valence-electron chi connectivity index (χ0n) is 7.41. The Morgan fingerprint density at radius 2 is 2.14 bits per heavy atom. The molecule has 0 radical (unpaired) electrons. The third-order valence-electron chi connectivity index (χ3n) is 1.60. The van der Waals surface area contributed by atoms with Crippen molar-refractivity contribution in [1.82, 2.24) is 0 Å². The third kappa shape index (κ3) is 3.67. The van der Waals surface area contributed by atoms with Gasteiger partial charge in [0.1, 0.15) is 0 Å². The largest absolute Gasteiger partial charge is 0.391 e. The Balaban J connectivity index is 2.62. The van der Waals surface area contributed by atoms with Crippen LogP contribution in [0.4, 0.5) is 0 Å². The number of hydrogen-bond donors (Lipinski definition) is 2. The summed E-state index contributed by atoms with van der Waals surface area (Å²) in [4.78, 5) is 0.867. The van der Waals surface area contributed by atoms with E-state index in [2.05, 4.69) is 0 Å². The fourth-order valence-electron chi connectivity index (χ4n) is 0.842. The molecule has 5 heteroatoms. The zero-order chi connectivity index (χ0) is 10.6. The van der Waals surface area contributed by atoms with Crippen LogP contribution in [-0.2, 0) is 0 Å². The average Bonchev–Trinajstić information content (AvgIpc) is 2.19. The van der Waals surface area contributed by atoms with Crippen molar-refractivity contribution in [3.63, 3.8) is 0 Å². The average molecular weight is 252 g/mol. The van der Waals surface area contributed by atoms with Crippen LogP contribution in [0.2, 0.25) is 10.0 Å². The molecule has 0 aromatic heterocycles. The summed E-state index contributed by atoms with van der Waals surface area (Å²) < 4.78 is 0. The van der Waals surface area contributed by atoms with E-state index in [9.17, 15) is 5.11 Å². The molecule has 1 rings (SSSR count). The van der Waals surface area contributed by atoms with Gasteiger partial charge in [0.15, 0.2) is 0 Å². The summed E-state index contributed by atoms with van der Waals surface area (Å²) in [5.74, 6) is 0.524. The van der Waals surface area contributed by atoms with E-state index in [4.69, 9.17) is 28.9 Å². The van der Waals surface area contributed by atoms with Crippen LogP contribution in [0, 0.1) is 0 Å². The van der Waals surface area contributed by atoms with Gasteiger partial charge >= 0.3 is 0 Å². The summed E-state index contributed by atoms with van der Waals surface area (Å²) in [5.41, 5.74) is 5.28. The minimum absolute atomic E-state index is 0.255. The van der Waals surface area contributed by atoms with Gasteiger partial charge in [-0.1, -0.05) is 23.2 Å². The van der Waals surface area contributed by atoms with Gasteiger partial charge in [-0.25, -0.2) is 0 Å². The lowest BCUT2D eigenvalue weighted by molar-refractivity contribution is 0.208. The summed E-state index contributed by atoms with van der Waals surface area (Å²) >= 11 is 13.2. The van der Waals surface area contributed by atoms with Crippen molar-refractivity contribution >= 4 is 35.0 Å². The van der Waals surface area contributed by atoms with Crippen molar-refractivity contribution in [2.75, 3.05) is 12.3 Å². The SMILES string of the molecule is NCC(O)CSc1cc(Cl)ccc1Cl. The number of benzene rings is 1.